The van der Waals surface area contributed by atoms with Crippen molar-refractivity contribution < 1.29 is 9.47 Å². The fourth-order valence-electron chi connectivity index (χ4n) is 6.39. The third kappa shape index (κ3) is 15.1. The minimum Gasteiger partial charge on any atom is -0.424 e. The van der Waals surface area contributed by atoms with Crippen LogP contribution in [0.1, 0.15) is 110 Å². The number of nitrogens with one attached hydrogen (secondary N) is 2. The molecule has 0 radical (unpaired) electrons. The number of anilines is 5. The molecule has 0 aliphatic rings. The first-order valence-corrected chi connectivity index (χ1v) is 20.3. The molecule has 54 heavy (non-hydrogen) atoms. The number of para-hydroxylation sites is 2. The summed E-state index contributed by atoms with van der Waals surface area (Å²) < 4.78 is 12.3. The van der Waals surface area contributed by atoms with Gasteiger partial charge < -0.3 is 25.0 Å². The third-order valence-electron chi connectivity index (χ3n) is 9.52. The van der Waals surface area contributed by atoms with E-state index >= 15 is 0 Å². The lowest BCUT2D eigenvalue weighted by Gasteiger charge is -2.18. The Kier molecular flexibility index (Phi) is 17.5. The summed E-state index contributed by atoms with van der Waals surface area (Å²) >= 11 is 0. The van der Waals surface area contributed by atoms with Gasteiger partial charge in [-0.1, -0.05) is 140 Å². The van der Waals surface area contributed by atoms with Gasteiger partial charge >= 0.3 is 12.0 Å². The monoisotopic (exact) mass is 728 g/mol. The minimum absolute atomic E-state index is 0.181. The molecule has 8 nitrogen and oxygen atoms in total. The second-order valence-electron chi connectivity index (χ2n) is 14.2. The van der Waals surface area contributed by atoms with E-state index in [1.165, 1.54) is 96.3 Å². The van der Waals surface area contributed by atoms with Crippen LogP contribution in [-0.4, -0.2) is 28.5 Å². The highest BCUT2D eigenvalue weighted by Crippen LogP contribution is 2.28. The number of hydrogen-bond donors (Lipinski definition) is 2. The summed E-state index contributed by atoms with van der Waals surface area (Å²) in [4.78, 5) is 16.0. The zero-order valence-corrected chi connectivity index (χ0v) is 32.5. The van der Waals surface area contributed by atoms with Crippen LogP contribution in [-0.2, 0) is 0 Å². The average Bonchev–Trinajstić information content (AvgIpc) is 3.20. The van der Waals surface area contributed by atoms with E-state index in [-0.39, 0.29) is 12.0 Å². The van der Waals surface area contributed by atoms with Gasteiger partial charge in [-0.25, -0.2) is 0 Å². The van der Waals surface area contributed by atoms with Gasteiger partial charge in [0.05, 0.1) is 0 Å². The van der Waals surface area contributed by atoms with Gasteiger partial charge in [0.1, 0.15) is 11.5 Å². The van der Waals surface area contributed by atoms with E-state index in [1.807, 2.05) is 116 Å². The largest absolute Gasteiger partial charge is 0.424 e. The zero-order chi connectivity index (χ0) is 37.5. The Morgan fingerprint density at radius 3 is 1.17 bits per heavy atom. The van der Waals surface area contributed by atoms with Gasteiger partial charge in [0, 0.05) is 36.3 Å². The molecule has 8 heteroatoms. The molecule has 1 aromatic heterocycles. The van der Waals surface area contributed by atoms with Crippen LogP contribution in [0.15, 0.2) is 109 Å². The van der Waals surface area contributed by atoms with Crippen LogP contribution < -0.4 is 25.0 Å². The van der Waals surface area contributed by atoms with Crippen molar-refractivity contribution in [3.63, 3.8) is 0 Å². The molecule has 0 saturated heterocycles. The Balaban J connectivity index is 1.10. The maximum Gasteiger partial charge on any atom is 0.330 e. The van der Waals surface area contributed by atoms with Crippen molar-refractivity contribution in [2.45, 2.75) is 110 Å². The van der Waals surface area contributed by atoms with Gasteiger partial charge in [0.25, 0.3) is 0 Å². The standard InChI is InChI=1S/C46H60N6O2/c1-3-4-5-6-7-8-9-10-11-12-13-14-15-16-17-24-37-52(2)44-49-45(53-42-33-29-40(30-34-42)47-38-25-20-18-21-26-38)51-46(50-44)54-43-35-31-41(32-36-43)48-39-27-22-19-23-28-39/h18-23,25-36,47-48H,3-17,24,37H2,1-2H3. The molecule has 4 aromatic carbocycles. The van der Waals surface area contributed by atoms with Crippen molar-refractivity contribution in [2.75, 3.05) is 29.1 Å². The molecule has 0 amide bonds. The topological polar surface area (TPSA) is 84.4 Å². The molecule has 5 rings (SSSR count). The molecule has 0 atom stereocenters. The summed E-state index contributed by atoms with van der Waals surface area (Å²) in [5, 5.41) is 6.80. The first-order chi connectivity index (χ1) is 26.6. The Labute approximate surface area is 323 Å². The first kappa shape index (κ1) is 40.1. The van der Waals surface area contributed by atoms with Gasteiger partial charge in [0.15, 0.2) is 0 Å². The van der Waals surface area contributed by atoms with Gasteiger partial charge in [-0.3, -0.25) is 0 Å². The Morgan fingerprint density at radius 1 is 0.426 bits per heavy atom. The fraction of sp³-hybridized carbons (Fsp3) is 0.413. The summed E-state index contributed by atoms with van der Waals surface area (Å²) in [5.41, 5.74) is 3.95. The predicted molar refractivity (Wildman–Crippen MR) is 225 cm³/mol. The predicted octanol–water partition coefficient (Wildman–Crippen LogP) is 13.6. The van der Waals surface area contributed by atoms with Crippen molar-refractivity contribution in [1.82, 2.24) is 15.0 Å². The number of aromatic nitrogens is 3. The molecule has 0 aliphatic carbocycles. The Bertz CT molecular complexity index is 1610. The van der Waals surface area contributed by atoms with Crippen molar-refractivity contribution >= 4 is 28.7 Å². The van der Waals surface area contributed by atoms with E-state index in [0.29, 0.717) is 17.4 Å². The van der Waals surface area contributed by atoms with Crippen LogP contribution in [0.4, 0.5) is 28.7 Å². The van der Waals surface area contributed by atoms with Crippen LogP contribution in [0.3, 0.4) is 0 Å². The highest BCUT2D eigenvalue weighted by Gasteiger charge is 2.14. The lowest BCUT2D eigenvalue weighted by molar-refractivity contribution is 0.397. The van der Waals surface area contributed by atoms with Crippen LogP contribution in [0.5, 0.6) is 23.5 Å². The number of rotatable bonds is 26. The van der Waals surface area contributed by atoms with Gasteiger partial charge in [-0.15, -0.1) is 4.98 Å². The summed E-state index contributed by atoms with van der Waals surface area (Å²) in [5.74, 6) is 1.75. The average molecular weight is 729 g/mol. The van der Waals surface area contributed by atoms with E-state index in [2.05, 4.69) is 37.4 Å². The van der Waals surface area contributed by atoms with Gasteiger partial charge in [-0.2, -0.15) is 9.97 Å². The van der Waals surface area contributed by atoms with Crippen LogP contribution in [0.25, 0.3) is 0 Å². The molecule has 0 spiro atoms. The van der Waals surface area contributed by atoms with E-state index in [9.17, 15) is 0 Å². The number of nitrogens with zero attached hydrogens (tertiary/aromatic N) is 4. The second-order valence-corrected chi connectivity index (χ2v) is 14.2. The molecule has 1 heterocycles. The molecule has 286 valence electrons. The first-order valence-electron chi connectivity index (χ1n) is 20.3. The third-order valence-corrected chi connectivity index (χ3v) is 9.52. The lowest BCUT2D eigenvalue weighted by atomic mass is 10.0. The number of hydrogen-bond acceptors (Lipinski definition) is 8. The van der Waals surface area contributed by atoms with Crippen molar-refractivity contribution in [3.05, 3.63) is 109 Å². The Morgan fingerprint density at radius 2 is 0.778 bits per heavy atom. The van der Waals surface area contributed by atoms with Gasteiger partial charge in [0.2, 0.25) is 5.95 Å². The van der Waals surface area contributed by atoms with Gasteiger partial charge in [-0.05, 0) is 79.2 Å². The molecular formula is C46H60N6O2. The van der Waals surface area contributed by atoms with E-state index in [1.54, 1.807) is 0 Å². The van der Waals surface area contributed by atoms with Crippen molar-refractivity contribution in [2.24, 2.45) is 0 Å². The quantitative estimate of drug-likeness (QED) is 0.0544. The molecule has 0 fully saturated rings. The highest BCUT2D eigenvalue weighted by atomic mass is 16.5. The normalized spacial score (nSPS) is 10.9. The SMILES string of the molecule is CCCCCCCCCCCCCCCCCCN(C)c1nc(Oc2ccc(Nc3ccccc3)cc2)nc(Oc2ccc(Nc3ccccc3)cc2)n1. The van der Waals surface area contributed by atoms with Crippen molar-refractivity contribution in [3.8, 4) is 23.5 Å². The number of ether oxygens (including phenoxy) is 2. The second kappa shape index (κ2) is 23.5. The Hall–Kier alpha value is -5.11. The van der Waals surface area contributed by atoms with E-state index in [4.69, 9.17) is 9.47 Å². The molecule has 0 aliphatic heterocycles. The smallest absolute Gasteiger partial charge is 0.330 e. The maximum absolute atomic E-state index is 6.17. The zero-order valence-electron chi connectivity index (χ0n) is 32.5. The number of unbranched alkanes of at least 4 members (excludes halogenated alkanes) is 15. The number of benzene rings is 4. The summed E-state index contributed by atoms with van der Waals surface area (Å²) in [6.07, 6.45) is 21.6. The molecule has 0 unspecified atom stereocenters. The molecule has 5 aromatic rings. The summed E-state index contributed by atoms with van der Waals surface area (Å²) in [6.45, 7) is 3.12. The molecule has 0 bridgehead atoms. The fourth-order valence-corrected chi connectivity index (χ4v) is 6.39. The van der Waals surface area contributed by atoms with E-state index in [0.717, 1.165) is 35.7 Å². The summed E-state index contributed by atoms with van der Waals surface area (Å²) in [7, 11) is 2.02. The van der Waals surface area contributed by atoms with Crippen LogP contribution in [0.2, 0.25) is 0 Å². The molecule has 2 N–H and O–H groups in total. The minimum atomic E-state index is 0.181. The lowest BCUT2D eigenvalue weighted by Crippen LogP contribution is -2.21. The van der Waals surface area contributed by atoms with E-state index < -0.39 is 0 Å². The van der Waals surface area contributed by atoms with Crippen molar-refractivity contribution in [1.29, 1.82) is 0 Å². The summed E-state index contributed by atoms with van der Waals surface area (Å²) in [6, 6.07) is 36.0. The van der Waals surface area contributed by atoms with Crippen LogP contribution >= 0.6 is 0 Å². The maximum atomic E-state index is 6.17. The highest BCUT2D eigenvalue weighted by molar-refractivity contribution is 5.61. The van der Waals surface area contributed by atoms with Crippen LogP contribution in [0, 0.1) is 0 Å². The molecular weight excluding hydrogens is 669 g/mol. The molecule has 0 saturated carbocycles.